The summed E-state index contributed by atoms with van der Waals surface area (Å²) in [7, 11) is 2.15. The molecule has 2 N–H and O–H groups in total. The van der Waals surface area contributed by atoms with Gasteiger partial charge in [-0.15, -0.1) is 0 Å². The second kappa shape index (κ2) is 6.12. The van der Waals surface area contributed by atoms with Crippen LogP contribution in [0, 0.1) is 5.92 Å². The Morgan fingerprint density at radius 2 is 2.12 bits per heavy atom. The van der Waals surface area contributed by atoms with Crippen LogP contribution in [0.5, 0.6) is 0 Å². The Balaban J connectivity index is 2.57. The molecule has 0 fully saturated rings. The van der Waals surface area contributed by atoms with Gasteiger partial charge < -0.3 is 5.73 Å². The molecule has 3 nitrogen and oxygen atoms in total. The number of pyridine rings is 1. The van der Waals surface area contributed by atoms with Crippen LogP contribution in [0.3, 0.4) is 0 Å². The summed E-state index contributed by atoms with van der Waals surface area (Å²) in [6, 6.07) is 6.06. The Morgan fingerprint density at radius 3 is 2.59 bits per heavy atom. The predicted octanol–water partition coefficient (Wildman–Crippen LogP) is 1.93. The fraction of sp³-hybridized carbons (Fsp3) is 0.643. The van der Waals surface area contributed by atoms with Crippen molar-refractivity contribution in [3.63, 3.8) is 0 Å². The van der Waals surface area contributed by atoms with Gasteiger partial charge in [0.1, 0.15) is 0 Å². The molecule has 1 aromatic rings. The van der Waals surface area contributed by atoms with E-state index in [1.54, 1.807) is 0 Å². The second-order valence-electron chi connectivity index (χ2n) is 5.21. The first kappa shape index (κ1) is 14.1. The Kier molecular flexibility index (Phi) is 5.09. The third-order valence-corrected chi connectivity index (χ3v) is 3.96. The van der Waals surface area contributed by atoms with E-state index < -0.39 is 0 Å². The van der Waals surface area contributed by atoms with Gasteiger partial charge in [-0.3, -0.25) is 9.88 Å². The van der Waals surface area contributed by atoms with Crippen LogP contribution in [0.15, 0.2) is 24.4 Å². The monoisotopic (exact) mass is 235 g/mol. The molecule has 1 atom stereocenters. The fourth-order valence-electron chi connectivity index (χ4n) is 1.92. The lowest BCUT2D eigenvalue weighted by molar-refractivity contribution is 0.0960. The SMILES string of the molecule is CC(C)C(C)(CN)N(C)CCc1ccccn1. The summed E-state index contributed by atoms with van der Waals surface area (Å²) in [5, 5.41) is 0. The molecule has 0 aliphatic rings. The molecule has 0 amide bonds. The normalized spacial score (nSPS) is 15.2. The number of aromatic nitrogens is 1. The molecule has 0 aromatic carbocycles. The molecule has 0 aliphatic carbocycles. The number of rotatable bonds is 6. The zero-order chi connectivity index (χ0) is 12.9. The summed E-state index contributed by atoms with van der Waals surface area (Å²) in [6.45, 7) is 8.36. The number of likely N-dealkylation sites (N-methyl/N-ethyl adjacent to an activating group) is 1. The molecule has 0 radical (unpaired) electrons. The summed E-state index contributed by atoms with van der Waals surface area (Å²) in [5.41, 5.74) is 7.13. The molecule has 1 aromatic heterocycles. The van der Waals surface area contributed by atoms with Crippen LogP contribution < -0.4 is 5.73 Å². The van der Waals surface area contributed by atoms with E-state index in [0.717, 1.165) is 18.7 Å². The van der Waals surface area contributed by atoms with Gasteiger partial charge in [0.05, 0.1) is 0 Å². The molecule has 1 rings (SSSR count). The molecule has 96 valence electrons. The molecule has 3 heteroatoms. The molecule has 17 heavy (non-hydrogen) atoms. The van der Waals surface area contributed by atoms with Crippen molar-refractivity contribution in [3.8, 4) is 0 Å². The van der Waals surface area contributed by atoms with E-state index in [1.807, 2.05) is 18.3 Å². The van der Waals surface area contributed by atoms with E-state index in [-0.39, 0.29) is 5.54 Å². The first-order valence-electron chi connectivity index (χ1n) is 6.32. The molecule has 0 bridgehead atoms. The van der Waals surface area contributed by atoms with Gasteiger partial charge in [0.15, 0.2) is 0 Å². The van der Waals surface area contributed by atoms with Crippen LogP contribution in [-0.2, 0) is 6.42 Å². The average molecular weight is 235 g/mol. The highest BCUT2D eigenvalue weighted by atomic mass is 15.2. The van der Waals surface area contributed by atoms with Crippen molar-refractivity contribution in [2.75, 3.05) is 20.1 Å². The highest BCUT2D eigenvalue weighted by Gasteiger charge is 2.30. The zero-order valence-electron chi connectivity index (χ0n) is 11.5. The van der Waals surface area contributed by atoms with Gasteiger partial charge in [-0.1, -0.05) is 19.9 Å². The molecule has 0 saturated carbocycles. The van der Waals surface area contributed by atoms with Gasteiger partial charge in [-0.05, 0) is 32.0 Å². The van der Waals surface area contributed by atoms with Crippen LogP contribution in [-0.4, -0.2) is 35.6 Å². The maximum absolute atomic E-state index is 5.92. The second-order valence-corrected chi connectivity index (χ2v) is 5.21. The Labute approximate surface area is 105 Å². The predicted molar refractivity (Wildman–Crippen MR) is 72.9 cm³/mol. The molecular formula is C14H25N3. The highest BCUT2D eigenvalue weighted by molar-refractivity contribution is 5.04. The number of hydrogen-bond acceptors (Lipinski definition) is 3. The third kappa shape index (κ3) is 3.51. The minimum Gasteiger partial charge on any atom is -0.329 e. The van der Waals surface area contributed by atoms with Crippen molar-refractivity contribution in [2.24, 2.45) is 11.7 Å². The lowest BCUT2D eigenvalue weighted by Gasteiger charge is -2.41. The standard InChI is InChI=1S/C14H25N3/c1-12(2)14(3,11-15)17(4)10-8-13-7-5-6-9-16-13/h5-7,9,12H,8,10-11,15H2,1-4H3. The Bertz CT molecular complexity index is 323. The van der Waals surface area contributed by atoms with E-state index in [9.17, 15) is 0 Å². The van der Waals surface area contributed by atoms with Crippen molar-refractivity contribution in [2.45, 2.75) is 32.7 Å². The smallest absolute Gasteiger partial charge is 0.0416 e. The largest absolute Gasteiger partial charge is 0.329 e. The lowest BCUT2D eigenvalue weighted by Crippen LogP contribution is -2.54. The molecule has 0 aliphatic heterocycles. The van der Waals surface area contributed by atoms with Gasteiger partial charge >= 0.3 is 0 Å². The van der Waals surface area contributed by atoms with E-state index in [4.69, 9.17) is 5.73 Å². The molecular weight excluding hydrogens is 210 g/mol. The maximum Gasteiger partial charge on any atom is 0.0416 e. The molecule has 1 heterocycles. The topological polar surface area (TPSA) is 42.1 Å². The first-order chi connectivity index (χ1) is 8.00. The third-order valence-electron chi connectivity index (χ3n) is 3.96. The first-order valence-corrected chi connectivity index (χ1v) is 6.32. The minimum absolute atomic E-state index is 0.0643. The Morgan fingerprint density at radius 1 is 1.41 bits per heavy atom. The van der Waals surface area contributed by atoms with Gasteiger partial charge in [0.2, 0.25) is 0 Å². The van der Waals surface area contributed by atoms with Crippen LogP contribution in [0.25, 0.3) is 0 Å². The molecule has 0 saturated heterocycles. The van der Waals surface area contributed by atoms with E-state index in [2.05, 4.69) is 43.8 Å². The summed E-state index contributed by atoms with van der Waals surface area (Å²) < 4.78 is 0. The summed E-state index contributed by atoms with van der Waals surface area (Å²) >= 11 is 0. The van der Waals surface area contributed by atoms with Gasteiger partial charge in [0, 0.05) is 36.9 Å². The number of nitrogens with two attached hydrogens (primary N) is 1. The Hall–Kier alpha value is -0.930. The van der Waals surface area contributed by atoms with Crippen molar-refractivity contribution in [3.05, 3.63) is 30.1 Å². The van der Waals surface area contributed by atoms with Crippen LogP contribution in [0.2, 0.25) is 0 Å². The lowest BCUT2D eigenvalue weighted by atomic mass is 9.87. The number of hydrogen-bond donors (Lipinski definition) is 1. The van der Waals surface area contributed by atoms with E-state index >= 15 is 0 Å². The summed E-state index contributed by atoms with van der Waals surface area (Å²) in [4.78, 5) is 6.70. The average Bonchev–Trinajstić information content (AvgIpc) is 2.35. The van der Waals surface area contributed by atoms with Crippen LogP contribution in [0.1, 0.15) is 26.5 Å². The van der Waals surface area contributed by atoms with E-state index in [1.165, 1.54) is 0 Å². The minimum atomic E-state index is 0.0643. The maximum atomic E-state index is 5.92. The zero-order valence-corrected chi connectivity index (χ0v) is 11.5. The van der Waals surface area contributed by atoms with Gasteiger partial charge in [-0.25, -0.2) is 0 Å². The van der Waals surface area contributed by atoms with Crippen LogP contribution in [0.4, 0.5) is 0 Å². The van der Waals surface area contributed by atoms with Crippen molar-refractivity contribution in [1.82, 2.24) is 9.88 Å². The van der Waals surface area contributed by atoms with Crippen molar-refractivity contribution in [1.29, 1.82) is 0 Å². The summed E-state index contributed by atoms with van der Waals surface area (Å²) in [5.74, 6) is 0.543. The van der Waals surface area contributed by atoms with Crippen molar-refractivity contribution >= 4 is 0 Å². The van der Waals surface area contributed by atoms with Gasteiger partial charge in [-0.2, -0.15) is 0 Å². The summed E-state index contributed by atoms with van der Waals surface area (Å²) in [6.07, 6.45) is 2.82. The number of nitrogens with zero attached hydrogens (tertiary/aromatic N) is 2. The molecule has 0 spiro atoms. The quantitative estimate of drug-likeness (QED) is 0.819. The highest BCUT2D eigenvalue weighted by Crippen LogP contribution is 2.22. The van der Waals surface area contributed by atoms with Crippen molar-refractivity contribution < 1.29 is 0 Å². The molecule has 1 unspecified atom stereocenters. The fourth-order valence-corrected chi connectivity index (χ4v) is 1.92. The van der Waals surface area contributed by atoms with E-state index in [0.29, 0.717) is 12.5 Å². The van der Waals surface area contributed by atoms with Gasteiger partial charge in [0.25, 0.3) is 0 Å². The van der Waals surface area contributed by atoms with Crippen LogP contribution >= 0.6 is 0 Å².